The topological polar surface area (TPSA) is 74.9 Å². The molecule has 2 aliphatic heterocycles. The van der Waals surface area contributed by atoms with E-state index >= 15 is 0 Å². The van der Waals surface area contributed by atoms with Crippen LogP contribution in [0.3, 0.4) is 0 Å². The third-order valence-electron chi connectivity index (χ3n) is 3.76. The van der Waals surface area contributed by atoms with Crippen LogP contribution >= 0.6 is 0 Å². The minimum absolute atomic E-state index is 0.0406. The predicted molar refractivity (Wildman–Crippen MR) is 72.0 cm³/mol. The van der Waals surface area contributed by atoms with Crippen molar-refractivity contribution in [3.63, 3.8) is 0 Å². The highest BCUT2D eigenvalue weighted by atomic mass is 16.3. The summed E-state index contributed by atoms with van der Waals surface area (Å²) in [5.41, 5.74) is 2.62. The van der Waals surface area contributed by atoms with Crippen molar-refractivity contribution in [1.29, 1.82) is 0 Å². The van der Waals surface area contributed by atoms with Crippen LogP contribution in [0.1, 0.15) is 43.7 Å². The molecule has 1 N–H and O–H groups in total. The second-order valence-corrected chi connectivity index (χ2v) is 5.08. The van der Waals surface area contributed by atoms with Crippen molar-refractivity contribution in [3.8, 4) is 0 Å². The molecule has 6 heteroatoms. The summed E-state index contributed by atoms with van der Waals surface area (Å²) in [5, 5.41) is 3.81. The van der Waals surface area contributed by atoms with E-state index in [9.17, 15) is 9.59 Å². The fraction of sp³-hybridized carbons (Fsp3) is 0.500. The fourth-order valence-corrected chi connectivity index (χ4v) is 2.72. The van der Waals surface area contributed by atoms with Crippen molar-refractivity contribution >= 4 is 17.5 Å². The van der Waals surface area contributed by atoms with Crippen LogP contribution in [0.15, 0.2) is 21.7 Å². The van der Waals surface area contributed by atoms with Crippen LogP contribution in [0.2, 0.25) is 0 Å². The van der Waals surface area contributed by atoms with E-state index in [0.717, 1.165) is 30.8 Å². The molecule has 0 bridgehead atoms. The minimum atomic E-state index is -0.227. The van der Waals surface area contributed by atoms with Crippen LogP contribution in [-0.2, 0) is 16.0 Å². The van der Waals surface area contributed by atoms with E-state index in [1.807, 2.05) is 19.1 Å². The van der Waals surface area contributed by atoms with Crippen molar-refractivity contribution in [2.24, 2.45) is 5.10 Å². The number of hydrogen-bond donors (Lipinski definition) is 1. The Bertz CT molecular complexity index is 576. The molecule has 1 saturated heterocycles. The summed E-state index contributed by atoms with van der Waals surface area (Å²) in [6.07, 6.45) is 2.73. The van der Waals surface area contributed by atoms with E-state index in [4.69, 9.17) is 4.42 Å². The van der Waals surface area contributed by atoms with Gasteiger partial charge in [0, 0.05) is 13.0 Å². The Morgan fingerprint density at radius 1 is 1.55 bits per heavy atom. The lowest BCUT2D eigenvalue weighted by atomic mass is 10.1. The monoisotopic (exact) mass is 275 g/mol. The summed E-state index contributed by atoms with van der Waals surface area (Å²) in [6.45, 7) is 2.71. The zero-order valence-electron chi connectivity index (χ0n) is 11.4. The standard InChI is InChI=1S/C14H17N3O3/c1-2-9-5-6-12(20-9)11-4-3-7-17(11)14(19)10-8-13(18)16-15-10/h5-6,11H,2-4,7-8H2,1H3,(H,16,18). The normalized spacial score (nSPS) is 22.1. The van der Waals surface area contributed by atoms with Crippen molar-refractivity contribution in [2.75, 3.05) is 6.54 Å². The Morgan fingerprint density at radius 2 is 2.40 bits per heavy atom. The van der Waals surface area contributed by atoms with Crippen LogP contribution in [0.4, 0.5) is 0 Å². The molecule has 2 amide bonds. The first kappa shape index (κ1) is 12.9. The largest absolute Gasteiger partial charge is 0.464 e. The second-order valence-electron chi connectivity index (χ2n) is 5.08. The van der Waals surface area contributed by atoms with Gasteiger partial charge in [-0.25, -0.2) is 5.43 Å². The Hall–Kier alpha value is -2.11. The van der Waals surface area contributed by atoms with Gasteiger partial charge in [0.1, 0.15) is 17.2 Å². The number of furan rings is 1. The maximum Gasteiger partial charge on any atom is 0.271 e. The summed E-state index contributed by atoms with van der Waals surface area (Å²) in [5.74, 6) is 1.36. The minimum Gasteiger partial charge on any atom is -0.464 e. The average molecular weight is 275 g/mol. The van der Waals surface area contributed by atoms with Crippen LogP contribution in [0, 0.1) is 0 Å². The van der Waals surface area contributed by atoms with Gasteiger partial charge in [0.2, 0.25) is 5.91 Å². The summed E-state index contributed by atoms with van der Waals surface area (Å²) in [7, 11) is 0. The summed E-state index contributed by atoms with van der Waals surface area (Å²) in [4.78, 5) is 25.3. The van der Waals surface area contributed by atoms with E-state index in [1.165, 1.54) is 0 Å². The first-order valence-corrected chi connectivity index (χ1v) is 6.94. The number of likely N-dealkylation sites (tertiary alicyclic amines) is 1. The molecule has 2 aliphatic rings. The molecule has 3 heterocycles. The van der Waals surface area contributed by atoms with Gasteiger partial charge in [-0.1, -0.05) is 6.92 Å². The molecule has 1 aromatic heterocycles. The van der Waals surface area contributed by atoms with Crippen LogP contribution in [0.5, 0.6) is 0 Å². The van der Waals surface area contributed by atoms with Crippen molar-refractivity contribution < 1.29 is 14.0 Å². The average Bonchev–Trinajstić information content (AvgIpc) is 3.17. The van der Waals surface area contributed by atoms with Gasteiger partial charge in [-0.2, -0.15) is 5.10 Å². The molecule has 3 rings (SSSR count). The number of amides is 2. The molecular formula is C14H17N3O3. The van der Waals surface area contributed by atoms with E-state index in [2.05, 4.69) is 10.5 Å². The smallest absolute Gasteiger partial charge is 0.271 e. The van der Waals surface area contributed by atoms with E-state index < -0.39 is 0 Å². The molecule has 1 fully saturated rings. The maximum absolute atomic E-state index is 12.4. The number of rotatable bonds is 3. The quantitative estimate of drug-likeness (QED) is 0.905. The zero-order valence-corrected chi connectivity index (χ0v) is 11.4. The van der Waals surface area contributed by atoms with Gasteiger partial charge in [-0.15, -0.1) is 0 Å². The Labute approximate surface area is 116 Å². The molecule has 1 aromatic rings. The van der Waals surface area contributed by atoms with Crippen molar-refractivity contribution in [3.05, 3.63) is 23.7 Å². The molecule has 0 aromatic carbocycles. The number of nitrogens with one attached hydrogen (secondary N) is 1. The van der Waals surface area contributed by atoms with Gasteiger partial charge in [0.05, 0.1) is 12.5 Å². The van der Waals surface area contributed by atoms with Gasteiger partial charge in [-0.3, -0.25) is 9.59 Å². The number of hydrogen-bond acceptors (Lipinski definition) is 4. The molecule has 106 valence electrons. The van der Waals surface area contributed by atoms with Crippen molar-refractivity contribution in [1.82, 2.24) is 10.3 Å². The predicted octanol–water partition coefficient (Wildman–Crippen LogP) is 1.38. The molecule has 0 aliphatic carbocycles. The highest BCUT2D eigenvalue weighted by molar-refractivity contribution is 6.43. The SMILES string of the molecule is CCc1ccc(C2CCCN2C(=O)C2=NNC(=O)C2)o1. The van der Waals surface area contributed by atoms with Crippen LogP contribution < -0.4 is 5.43 Å². The van der Waals surface area contributed by atoms with E-state index in [1.54, 1.807) is 4.90 Å². The highest BCUT2D eigenvalue weighted by Gasteiger charge is 2.35. The molecule has 6 nitrogen and oxygen atoms in total. The van der Waals surface area contributed by atoms with Gasteiger partial charge >= 0.3 is 0 Å². The van der Waals surface area contributed by atoms with Gasteiger partial charge in [0.25, 0.3) is 5.91 Å². The zero-order chi connectivity index (χ0) is 14.1. The first-order chi connectivity index (χ1) is 9.69. The summed E-state index contributed by atoms with van der Waals surface area (Å²) >= 11 is 0. The van der Waals surface area contributed by atoms with Gasteiger partial charge < -0.3 is 9.32 Å². The lowest BCUT2D eigenvalue weighted by molar-refractivity contribution is -0.126. The number of carbonyl (C=O) groups excluding carboxylic acids is 2. The molecule has 1 unspecified atom stereocenters. The van der Waals surface area contributed by atoms with E-state index in [-0.39, 0.29) is 24.3 Å². The molecule has 0 spiro atoms. The molecule has 0 radical (unpaired) electrons. The highest BCUT2D eigenvalue weighted by Crippen LogP contribution is 2.33. The lowest BCUT2D eigenvalue weighted by Crippen LogP contribution is -2.35. The number of hydrazone groups is 1. The molecule has 20 heavy (non-hydrogen) atoms. The number of carbonyl (C=O) groups is 2. The van der Waals surface area contributed by atoms with Crippen molar-refractivity contribution in [2.45, 2.75) is 38.6 Å². The molecule has 0 saturated carbocycles. The molecular weight excluding hydrogens is 258 g/mol. The third-order valence-corrected chi connectivity index (χ3v) is 3.76. The Balaban J connectivity index is 1.78. The van der Waals surface area contributed by atoms with E-state index in [0.29, 0.717) is 12.3 Å². The third kappa shape index (κ3) is 2.21. The van der Waals surface area contributed by atoms with Crippen LogP contribution in [-0.4, -0.2) is 29.0 Å². The number of nitrogens with zero attached hydrogens (tertiary/aromatic N) is 2. The van der Waals surface area contributed by atoms with Gasteiger partial charge in [0.15, 0.2) is 0 Å². The van der Waals surface area contributed by atoms with Gasteiger partial charge in [-0.05, 0) is 25.0 Å². The molecule has 1 atom stereocenters. The number of aryl methyl sites for hydroxylation is 1. The fourth-order valence-electron chi connectivity index (χ4n) is 2.72. The summed E-state index contributed by atoms with van der Waals surface area (Å²) < 4.78 is 5.76. The first-order valence-electron chi connectivity index (χ1n) is 6.94. The maximum atomic E-state index is 12.4. The lowest BCUT2D eigenvalue weighted by Gasteiger charge is -2.22. The van der Waals surface area contributed by atoms with Crippen LogP contribution in [0.25, 0.3) is 0 Å². The Morgan fingerprint density at radius 3 is 3.05 bits per heavy atom. The Kier molecular flexibility index (Phi) is 3.30. The second kappa shape index (κ2) is 5.11. The summed E-state index contributed by atoms with van der Waals surface area (Å²) in [6, 6.07) is 3.85.